The van der Waals surface area contributed by atoms with Crippen molar-refractivity contribution < 1.29 is 18.0 Å². The van der Waals surface area contributed by atoms with Crippen molar-refractivity contribution in [1.82, 2.24) is 9.13 Å². The van der Waals surface area contributed by atoms with Gasteiger partial charge in [0.2, 0.25) is 0 Å². The normalized spacial score (nSPS) is 11.7. The van der Waals surface area contributed by atoms with Crippen LogP contribution in [0, 0.1) is 13.8 Å². The predicted molar refractivity (Wildman–Crippen MR) is 108 cm³/mol. The maximum Gasteiger partial charge on any atom is 0.417 e. The van der Waals surface area contributed by atoms with Gasteiger partial charge in [-0.05, 0) is 50.2 Å². The van der Waals surface area contributed by atoms with Crippen molar-refractivity contribution in [3.05, 3.63) is 85.0 Å². The largest absolute Gasteiger partial charge is 0.417 e. The van der Waals surface area contributed by atoms with Crippen molar-refractivity contribution in [2.45, 2.75) is 26.6 Å². The monoisotopic (exact) mass is 486 g/mol. The van der Waals surface area contributed by atoms with Gasteiger partial charge in [-0.15, -0.1) is 0 Å². The molecule has 0 aliphatic rings. The van der Waals surface area contributed by atoms with Gasteiger partial charge < -0.3 is 9.13 Å². The molecule has 0 bridgehead atoms. The predicted octanol–water partition coefficient (Wildman–Crippen LogP) is 5.57. The number of ketones is 1. The van der Waals surface area contributed by atoms with Crippen molar-refractivity contribution >= 4 is 33.3 Å². The lowest BCUT2D eigenvalue weighted by Crippen LogP contribution is -2.26. The van der Waals surface area contributed by atoms with Crippen molar-refractivity contribution in [3.8, 4) is 5.69 Å². The fourth-order valence-corrected chi connectivity index (χ4v) is 3.63. The fourth-order valence-electron chi connectivity index (χ4n) is 3.14. The Kier molecular flexibility index (Phi) is 5.78. The summed E-state index contributed by atoms with van der Waals surface area (Å²) in [6.07, 6.45) is -4.07. The lowest BCUT2D eigenvalue weighted by atomic mass is 10.1. The highest BCUT2D eigenvalue weighted by Gasteiger charge is 2.32. The number of nitrogens with zero attached hydrogens (tertiary/aromatic N) is 2. The molecule has 1 aromatic carbocycles. The molecule has 0 N–H and O–H groups in total. The molecular formula is C20H15BrClF3N2O2. The first kappa shape index (κ1) is 21.4. The lowest BCUT2D eigenvalue weighted by Gasteiger charge is -2.12. The van der Waals surface area contributed by atoms with Gasteiger partial charge in [0.25, 0.3) is 5.56 Å². The Morgan fingerprint density at radius 2 is 1.76 bits per heavy atom. The van der Waals surface area contributed by atoms with Crippen LogP contribution in [0.5, 0.6) is 0 Å². The Morgan fingerprint density at radius 1 is 1.14 bits per heavy atom. The number of hydrogen-bond donors (Lipinski definition) is 0. The van der Waals surface area contributed by atoms with E-state index in [1.54, 1.807) is 13.0 Å². The van der Waals surface area contributed by atoms with Crippen LogP contribution >= 0.6 is 27.5 Å². The highest BCUT2D eigenvalue weighted by Crippen LogP contribution is 2.30. The number of aromatic nitrogens is 2. The van der Waals surface area contributed by atoms with Crippen LogP contribution in [0.2, 0.25) is 5.02 Å². The molecule has 9 heteroatoms. The third-order valence-corrected chi connectivity index (χ3v) is 5.30. The zero-order chi connectivity index (χ0) is 21.5. The molecule has 3 aromatic rings. The average Bonchev–Trinajstić information content (AvgIpc) is 2.93. The number of pyridine rings is 1. The molecule has 152 valence electrons. The molecule has 4 nitrogen and oxygen atoms in total. The van der Waals surface area contributed by atoms with Crippen LogP contribution in [0.4, 0.5) is 13.2 Å². The number of alkyl halides is 3. The Labute approximate surface area is 177 Å². The van der Waals surface area contributed by atoms with Gasteiger partial charge in [-0.25, -0.2) is 0 Å². The summed E-state index contributed by atoms with van der Waals surface area (Å²) < 4.78 is 42.5. The van der Waals surface area contributed by atoms with Gasteiger partial charge in [0.15, 0.2) is 5.78 Å². The molecule has 2 heterocycles. The Balaban J connectivity index is 1.99. The summed E-state index contributed by atoms with van der Waals surface area (Å²) in [5.74, 6) is -0.487. The number of carbonyl (C=O) groups is 1. The maximum atomic E-state index is 13.0. The molecule has 0 atom stereocenters. The van der Waals surface area contributed by atoms with Crippen LogP contribution in [-0.2, 0) is 12.7 Å². The Bertz CT molecular complexity index is 1150. The fraction of sp³-hybridized carbons (Fsp3) is 0.200. The molecule has 0 aliphatic heterocycles. The minimum Gasteiger partial charge on any atom is -0.318 e. The highest BCUT2D eigenvalue weighted by molar-refractivity contribution is 9.10. The second-order valence-corrected chi connectivity index (χ2v) is 7.85. The van der Waals surface area contributed by atoms with Crippen LogP contribution in [0.1, 0.15) is 27.3 Å². The zero-order valence-electron chi connectivity index (χ0n) is 15.3. The summed E-state index contributed by atoms with van der Waals surface area (Å²) in [5, 5.41) is -0.590. The van der Waals surface area contributed by atoms with Crippen LogP contribution in [-0.4, -0.2) is 14.9 Å². The van der Waals surface area contributed by atoms with Gasteiger partial charge in [-0.3, -0.25) is 9.59 Å². The first-order valence-electron chi connectivity index (χ1n) is 8.44. The topological polar surface area (TPSA) is 44.0 Å². The van der Waals surface area contributed by atoms with Gasteiger partial charge in [0, 0.05) is 33.3 Å². The van der Waals surface area contributed by atoms with E-state index in [4.69, 9.17) is 11.6 Å². The van der Waals surface area contributed by atoms with Crippen molar-refractivity contribution in [2.75, 3.05) is 0 Å². The Morgan fingerprint density at radius 3 is 2.34 bits per heavy atom. The summed E-state index contributed by atoms with van der Waals surface area (Å²) in [4.78, 5) is 24.9. The minimum absolute atomic E-state index is 0.325. The summed E-state index contributed by atoms with van der Waals surface area (Å²) in [7, 11) is 0. The smallest absolute Gasteiger partial charge is 0.318 e. The second-order valence-electron chi connectivity index (χ2n) is 6.53. The van der Waals surface area contributed by atoms with Crippen molar-refractivity contribution in [1.29, 1.82) is 0 Å². The third kappa shape index (κ3) is 4.33. The number of halogens is 5. The van der Waals surface area contributed by atoms with Crippen LogP contribution < -0.4 is 5.56 Å². The van der Waals surface area contributed by atoms with Crippen LogP contribution in [0.3, 0.4) is 0 Å². The molecule has 0 fully saturated rings. The molecular weight excluding hydrogens is 473 g/mol. The molecule has 0 amide bonds. The first-order chi connectivity index (χ1) is 13.5. The summed E-state index contributed by atoms with van der Waals surface area (Å²) >= 11 is 9.02. The first-order valence-corrected chi connectivity index (χ1v) is 9.61. The molecule has 0 aliphatic carbocycles. The van der Waals surface area contributed by atoms with E-state index in [0.29, 0.717) is 28.1 Å². The van der Waals surface area contributed by atoms with E-state index in [0.717, 1.165) is 15.9 Å². The van der Waals surface area contributed by atoms with E-state index >= 15 is 0 Å². The lowest BCUT2D eigenvalue weighted by molar-refractivity contribution is -0.138. The number of aryl methyl sites for hydroxylation is 1. The molecule has 0 saturated carbocycles. The number of hydrogen-bond acceptors (Lipinski definition) is 2. The van der Waals surface area contributed by atoms with Crippen molar-refractivity contribution in [3.63, 3.8) is 0 Å². The number of Topliss-reactive ketones (excluding diaryl/α,β-unsaturated/α-hetero) is 1. The van der Waals surface area contributed by atoms with E-state index < -0.39 is 34.6 Å². The van der Waals surface area contributed by atoms with Gasteiger partial charge in [-0.1, -0.05) is 27.5 Å². The summed E-state index contributed by atoms with van der Waals surface area (Å²) in [6, 6.07) is 9.68. The SMILES string of the molecule is Cc1cc(C(=O)Cn2cc(C(F)(F)F)cc(Cl)c2=O)c(C)n1-c1ccc(Br)cc1. The van der Waals surface area contributed by atoms with Crippen LogP contribution in [0.15, 0.2) is 51.9 Å². The number of rotatable bonds is 4. The van der Waals surface area contributed by atoms with E-state index in [2.05, 4.69) is 15.9 Å². The van der Waals surface area contributed by atoms with Crippen molar-refractivity contribution in [2.24, 2.45) is 0 Å². The molecule has 0 spiro atoms. The maximum absolute atomic E-state index is 13.0. The van der Waals surface area contributed by atoms with Gasteiger partial charge in [0.05, 0.1) is 12.1 Å². The molecule has 0 radical (unpaired) electrons. The standard InChI is InChI=1S/C20H15BrClF3N2O2/c1-11-7-16(12(2)27(11)15-5-3-14(21)4-6-15)18(28)10-26-9-13(20(23,24)25)8-17(22)19(26)29/h3-9H,10H2,1-2H3. The van der Waals surface area contributed by atoms with Crippen LogP contribution in [0.25, 0.3) is 5.69 Å². The minimum atomic E-state index is -4.68. The number of carbonyl (C=O) groups excluding carboxylic acids is 1. The number of benzene rings is 1. The van der Waals surface area contributed by atoms with Gasteiger partial charge in [0.1, 0.15) is 5.02 Å². The van der Waals surface area contributed by atoms with E-state index in [-0.39, 0.29) is 0 Å². The van der Waals surface area contributed by atoms with Gasteiger partial charge in [-0.2, -0.15) is 13.2 Å². The van der Waals surface area contributed by atoms with Gasteiger partial charge >= 0.3 is 6.18 Å². The zero-order valence-corrected chi connectivity index (χ0v) is 17.7. The molecule has 0 unspecified atom stereocenters. The highest BCUT2D eigenvalue weighted by atomic mass is 79.9. The Hall–Kier alpha value is -2.32. The van der Waals surface area contributed by atoms with E-state index in [1.807, 2.05) is 35.8 Å². The second kappa shape index (κ2) is 7.84. The molecule has 29 heavy (non-hydrogen) atoms. The molecule has 0 saturated heterocycles. The third-order valence-electron chi connectivity index (χ3n) is 4.50. The molecule has 2 aromatic heterocycles. The van der Waals surface area contributed by atoms with E-state index in [1.165, 1.54) is 0 Å². The average molecular weight is 488 g/mol. The van der Waals surface area contributed by atoms with E-state index in [9.17, 15) is 22.8 Å². The molecule has 3 rings (SSSR count). The summed E-state index contributed by atoms with van der Waals surface area (Å²) in [5.41, 5.74) is 0.626. The summed E-state index contributed by atoms with van der Waals surface area (Å²) in [6.45, 7) is 3.01. The quantitative estimate of drug-likeness (QED) is 0.452.